The lowest BCUT2D eigenvalue weighted by Crippen LogP contribution is -2.34. The van der Waals surface area contributed by atoms with Crippen LogP contribution in [-0.4, -0.2) is 31.6 Å². The highest BCUT2D eigenvalue weighted by molar-refractivity contribution is 6.05. The number of halogens is 3. The number of fused-ring (bicyclic) bond motifs is 1. The van der Waals surface area contributed by atoms with Crippen molar-refractivity contribution in [1.82, 2.24) is 5.32 Å². The highest BCUT2D eigenvalue weighted by Crippen LogP contribution is 2.28. The van der Waals surface area contributed by atoms with Crippen molar-refractivity contribution in [3.05, 3.63) is 59.9 Å². The lowest BCUT2D eigenvalue weighted by molar-refractivity contribution is -0.138. The third-order valence-corrected chi connectivity index (χ3v) is 4.01. The fourth-order valence-corrected chi connectivity index (χ4v) is 2.65. The molecule has 0 unspecified atom stereocenters. The van der Waals surface area contributed by atoms with Crippen molar-refractivity contribution in [2.24, 2.45) is 0 Å². The summed E-state index contributed by atoms with van der Waals surface area (Å²) in [5.74, 6) is -0.607. The second kappa shape index (κ2) is 8.26. The maximum absolute atomic E-state index is 12.4. The van der Waals surface area contributed by atoms with E-state index < -0.39 is 24.5 Å². The summed E-state index contributed by atoms with van der Waals surface area (Å²) in [5.41, 5.74) is 1.42. The molecule has 0 saturated carbocycles. The Morgan fingerprint density at radius 2 is 1.83 bits per heavy atom. The predicted molar refractivity (Wildman–Crippen MR) is 99.9 cm³/mol. The van der Waals surface area contributed by atoms with Crippen molar-refractivity contribution in [3.8, 4) is 5.75 Å². The molecule has 29 heavy (non-hydrogen) atoms. The van der Waals surface area contributed by atoms with Gasteiger partial charge in [-0.05, 0) is 29.8 Å². The molecule has 0 saturated heterocycles. The van der Waals surface area contributed by atoms with E-state index in [1.807, 2.05) is 0 Å². The van der Waals surface area contributed by atoms with Gasteiger partial charge in [-0.1, -0.05) is 24.3 Å². The number of carbonyl (C=O) groups excluding carboxylic acids is 2. The Labute approximate surface area is 163 Å². The van der Waals surface area contributed by atoms with E-state index in [4.69, 9.17) is 9.15 Å². The third kappa shape index (κ3) is 5.28. The van der Waals surface area contributed by atoms with Gasteiger partial charge in [-0.15, -0.1) is 0 Å². The molecule has 3 aromatic rings. The quantitative estimate of drug-likeness (QED) is 0.650. The van der Waals surface area contributed by atoms with Crippen LogP contribution in [0.4, 0.5) is 18.9 Å². The van der Waals surface area contributed by atoms with E-state index in [9.17, 15) is 22.8 Å². The molecule has 0 aliphatic rings. The summed E-state index contributed by atoms with van der Waals surface area (Å²) in [6.07, 6.45) is -4.65. The van der Waals surface area contributed by atoms with E-state index in [2.05, 4.69) is 5.32 Å². The number of para-hydroxylation sites is 1. The largest absolute Gasteiger partial charge is 0.493 e. The summed E-state index contributed by atoms with van der Waals surface area (Å²) in [7, 11) is 1.50. The zero-order valence-corrected chi connectivity index (χ0v) is 15.3. The first-order chi connectivity index (χ1) is 13.7. The van der Waals surface area contributed by atoms with Crippen LogP contribution in [0.2, 0.25) is 0 Å². The van der Waals surface area contributed by atoms with Gasteiger partial charge in [-0.25, -0.2) is 0 Å². The molecule has 0 aliphatic heterocycles. The number of nitrogens with one attached hydrogen (secondary N) is 2. The number of hydrogen-bond acceptors (Lipinski definition) is 4. The molecule has 0 spiro atoms. The van der Waals surface area contributed by atoms with Gasteiger partial charge in [-0.2, -0.15) is 13.2 Å². The van der Waals surface area contributed by atoms with Crippen molar-refractivity contribution < 1.29 is 31.9 Å². The number of rotatable bonds is 6. The summed E-state index contributed by atoms with van der Waals surface area (Å²) < 4.78 is 47.1. The Balaban J connectivity index is 1.62. The Hall–Kier alpha value is -3.49. The van der Waals surface area contributed by atoms with E-state index in [1.165, 1.54) is 7.11 Å². The van der Waals surface area contributed by atoms with Crippen molar-refractivity contribution in [1.29, 1.82) is 0 Å². The molecule has 152 valence electrons. The summed E-state index contributed by atoms with van der Waals surface area (Å²) in [4.78, 5) is 23.9. The molecule has 1 aromatic heterocycles. The van der Waals surface area contributed by atoms with Crippen molar-refractivity contribution >= 4 is 28.5 Å². The predicted octanol–water partition coefficient (Wildman–Crippen LogP) is 3.91. The Kier molecular flexibility index (Phi) is 5.76. The highest BCUT2D eigenvalue weighted by Gasteiger charge is 2.27. The molecule has 2 N–H and O–H groups in total. The maximum Gasteiger partial charge on any atom is 0.405 e. The first kappa shape index (κ1) is 20.2. The van der Waals surface area contributed by atoms with Gasteiger partial charge in [-0.3, -0.25) is 9.59 Å². The number of benzene rings is 2. The standard InChI is InChI=1S/C20H17F3N2O4/c1-28-15-4-2-3-13-10-16(29-18(13)15)19(27)25-14-7-5-12(6-8-14)9-17(26)24-11-20(21,22)23/h2-8,10H,9,11H2,1H3,(H,24,26)(H,25,27). The first-order valence-electron chi connectivity index (χ1n) is 8.55. The molecule has 2 aromatic carbocycles. The van der Waals surface area contributed by atoms with E-state index in [0.717, 1.165) is 5.39 Å². The van der Waals surface area contributed by atoms with E-state index in [1.54, 1.807) is 53.8 Å². The molecule has 2 amide bonds. The molecule has 0 aliphatic carbocycles. The first-order valence-corrected chi connectivity index (χ1v) is 8.55. The van der Waals surface area contributed by atoms with E-state index >= 15 is 0 Å². The summed E-state index contributed by atoms with van der Waals surface area (Å²) in [5, 5.41) is 5.18. The zero-order valence-electron chi connectivity index (χ0n) is 15.3. The van der Waals surface area contributed by atoms with Crippen LogP contribution in [0.5, 0.6) is 5.75 Å². The van der Waals surface area contributed by atoms with Gasteiger partial charge < -0.3 is 19.8 Å². The lowest BCUT2D eigenvalue weighted by atomic mass is 10.1. The number of furan rings is 1. The summed E-state index contributed by atoms with van der Waals surface area (Å²) >= 11 is 0. The number of hydrogen-bond donors (Lipinski definition) is 2. The van der Waals surface area contributed by atoms with Gasteiger partial charge in [0.15, 0.2) is 17.1 Å². The van der Waals surface area contributed by atoms with Crippen LogP contribution in [-0.2, 0) is 11.2 Å². The molecular weight excluding hydrogens is 389 g/mol. The third-order valence-electron chi connectivity index (χ3n) is 4.01. The normalized spacial score (nSPS) is 11.3. The topological polar surface area (TPSA) is 80.6 Å². The fraction of sp³-hybridized carbons (Fsp3) is 0.200. The van der Waals surface area contributed by atoms with E-state index in [-0.39, 0.29) is 12.2 Å². The summed E-state index contributed by atoms with van der Waals surface area (Å²) in [6.45, 7) is -1.37. The molecule has 0 atom stereocenters. The second-order valence-corrected chi connectivity index (χ2v) is 6.21. The minimum absolute atomic E-state index is 0.0973. The average Bonchev–Trinajstić information content (AvgIpc) is 3.12. The van der Waals surface area contributed by atoms with Gasteiger partial charge in [0.1, 0.15) is 6.54 Å². The minimum atomic E-state index is -4.45. The Morgan fingerprint density at radius 1 is 1.10 bits per heavy atom. The number of amides is 2. The Morgan fingerprint density at radius 3 is 2.48 bits per heavy atom. The van der Waals surface area contributed by atoms with E-state index in [0.29, 0.717) is 22.6 Å². The molecule has 0 radical (unpaired) electrons. The number of methoxy groups -OCH3 is 1. The van der Waals surface area contributed by atoms with Gasteiger partial charge in [0.05, 0.1) is 13.5 Å². The molecule has 0 fully saturated rings. The number of anilines is 1. The van der Waals surface area contributed by atoms with Gasteiger partial charge in [0, 0.05) is 11.1 Å². The molecule has 1 heterocycles. The van der Waals surface area contributed by atoms with Gasteiger partial charge >= 0.3 is 6.18 Å². The van der Waals surface area contributed by atoms with Crippen molar-refractivity contribution in [2.75, 3.05) is 19.0 Å². The smallest absolute Gasteiger partial charge is 0.405 e. The number of alkyl halides is 3. The zero-order chi connectivity index (χ0) is 21.0. The van der Waals surface area contributed by atoms with Crippen LogP contribution in [0.3, 0.4) is 0 Å². The fourth-order valence-electron chi connectivity index (χ4n) is 2.65. The van der Waals surface area contributed by atoms with Crippen LogP contribution >= 0.6 is 0 Å². The van der Waals surface area contributed by atoms with Crippen molar-refractivity contribution in [2.45, 2.75) is 12.6 Å². The van der Waals surface area contributed by atoms with Gasteiger partial charge in [0.25, 0.3) is 5.91 Å². The number of carbonyl (C=O) groups is 2. The Bertz CT molecular complexity index is 1030. The lowest BCUT2D eigenvalue weighted by Gasteiger charge is -2.09. The second-order valence-electron chi connectivity index (χ2n) is 6.21. The van der Waals surface area contributed by atoms with Crippen molar-refractivity contribution in [3.63, 3.8) is 0 Å². The maximum atomic E-state index is 12.4. The molecule has 3 rings (SSSR count). The molecule has 6 nitrogen and oxygen atoms in total. The monoisotopic (exact) mass is 406 g/mol. The highest BCUT2D eigenvalue weighted by atomic mass is 19.4. The minimum Gasteiger partial charge on any atom is -0.493 e. The van der Waals surface area contributed by atoms with Crippen LogP contribution in [0.1, 0.15) is 16.1 Å². The summed E-state index contributed by atoms with van der Waals surface area (Å²) in [6, 6.07) is 13.1. The van der Waals surface area contributed by atoms with Gasteiger partial charge in [0.2, 0.25) is 5.91 Å². The SMILES string of the molecule is COc1cccc2cc(C(=O)Nc3ccc(CC(=O)NCC(F)(F)F)cc3)oc12. The van der Waals surface area contributed by atoms with Crippen LogP contribution < -0.4 is 15.4 Å². The average molecular weight is 406 g/mol. The molecule has 9 heteroatoms. The number of ether oxygens (including phenoxy) is 1. The molecule has 0 bridgehead atoms. The van der Waals surface area contributed by atoms with Crippen LogP contribution in [0, 0.1) is 0 Å². The van der Waals surface area contributed by atoms with Crippen LogP contribution in [0.15, 0.2) is 52.9 Å². The molecular formula is C20H17F3N2O4. The van der Waals surface area contributed by atoms with Crippen LogP contribution in [0.25, 0.3) is 11.0 Å².